The second kappa shape index (κ2) is 4.41. The van der Waals surface area contributed by atoms with Crippen molar-refractivity contribution >= 4 is 17.4 Å². The number of aryl methyl sites for hydroxylation is 1. The van der Waals surface area contributed by atoms with E-state index in [0.717, 1.165) is 16.9 Å². The molecule has 3 nitrogen and oxygen atoms in total. The topological polar surface area (TPSA) is 43.8 Å². The minimum atomic E-state index is 0.259. The lowest BCUT2D eigenvalue weighted by molar-refractivity contribution is 0.769. The molecule has 1 heterocycles. The van der Waals surface area contributed by atoms with Crippen LogP contribution in [0.1, 0.15) is 31.0 Å². The van der Waals surface area contributed by atoms with Gasteiger partial charge in [0.1, 0.15) is 10.8 Å². The maximum Gasteiger partial charge on any atom is 0.146 e. The Morgan fingerprint density at radius 1 is 1.29 bits per heavy atom. The SMILES string of the molecule is Cc1ccccc1-n1nc(C(C)C)c(Cl)c1N. The first kappa shape index (κ1) is 12.0. The summed E-state index contributed by atoms with van der Waals surface area (Å²) in [6.45, 7) is 6.13. The second-order valence-electron chi connectivity index (χ2n) is 4.44. The summed E-state index contributed by atoms with van der Waals surface area (Å²) in [7, 11) is 0. The van der Waals surface area contributed by atoms with Crippen molar-refractivity contribution in [2.24, 2.45) is 0 Å². The van der Waals surface area contributed by atoms with Crippen molar-refractivity contribution in [1.29, 1.82) is 0 Å². The summed E-state index contributed by atoms with van der Waals surface area (Å²) in [5.74, 6) is 0.764. The van der Waals surface area contributed by atoms with Gasteiger partial charge in [0.25, 0.3) is 0 Å². The highest BCUT2D eigenvalue weighted by atomic mass is 35.5. The molecule has 2 rings (SSSR count). The van der Waals surface area contributed by atoms with Crippen LogP contribution in [0.5, 0.6) is 0 Å². The smallest absolute Gasteiger partial charge is 0.146 e. The van der Waals surface area contributed by atoms with Crippen molar-refractivity contribution < 1.29 is 0 Å². The first-order valence-electron chi connectivity index (χ1n) is 5.62. The first-order valence-corrected chi connectivity index (χ1v) is 6.00. The highest BCUT2D eigenvalue weighted by molar-refractivity contribution is 6.33. The molecule has 0 amide bonds. The molecule has 0 atom stereocenters. The molecular formula is C13H16ClN3. The average molecular weight is 250 g/mol. The fourth-order valence-electron chi connectivity index (χ4n) is 1.78. The van der Waals surface area contributed by atoms with Crippen LogP contribution in [0.4, 0.5) is 5.82 Å². The van der Waals surface area contributed by atoms with E-state index in [4.69, 9.17) is 17.3 Å². The van der Waals surface area contributed by atoms with Gasteiger partial charge in [-0.15, -0.1) is 0 Å². The van der Waals surface area contributed by atoms with Crippen LogP contribution in [0.2, 0.25) is 5.02 Å². The van der Waals surface area contributed by atoms with E-state index in [2.05, 4.69) is 18.9 Å². The quantitative estimate of drug-likeness (QED) is 0.885. The minimum Gasteiger partial charge on any atom is -0.382 e. The van der Waals surface area contributed by atoms with Crippen molar-refractivity contribution in [3.05, 3.63) is 40.5 Å². The molecule has 0 saturated carbocycles. The molecule has 0 aliphatic carbocycles. The standard InChI is InChI=1S/C13H16ClN3/c1-8(2)12-11(14)13(15)17(16-12)10-7-5-4-6-9(10)3/h4-8H,15H2,1-3H3. The predicted molar refractivity (Wildman–Crippen MR) is 71.8 cm³/mol. The number of benzene rings is 1. The molecule has 17 heavy (non-hydrogen) atoms. The zero-order chi connectivity index (χ0) is 12.6. The van der Waals surface area contributed by atoms with E-state index in [9.17, 15) is 0 Å². The molecule has 90 valence electrons. The summed E-state index contributed by atoms with van der Waals surface area (Å²) >= 11 is 6.20. The van der Waals surface area contributed by atoms with Crippen LogP contribution in [-0.2, 0) is 0 Å². The van der Waals surface area contributed by atoms with Crippen LogP contribution >= 0.6 is 11.6 Å². The maximum atomic E-state index is 6.20. The number of nitrogens with zero attached hydrogens (tertiary/aromatic N) is 2. The summed E-state index contributed by atoms with van der Waals surface area (Å²) in [6, 6.07) is 7.97. The van der Waals surface area contributed by atoms with Gasteiger partial charge in [0.15, 0.2) is 0 Å². The summed E-state index contributed by atoms with van der Waals surface area (Å²) in [5, 5.41) is 5.06. The maximum absolute atomic E-state index is 6.20. The number of para-hydroxylation sites is 1. The van der Waals surface area contributed by atoms with Crippen molar-refractivity contribution in [2.45, 2.75) is 26.7 Å². The molecule has 1 aromatic heterocycles. The fraction of sp³-hybridized carbons (Fsp3) is 0.308. The van der Waals surface area contributed by atoms with Gasteiger partial charge in [0, 0.05) is 0 Å². The Bertz CT molecular complexity index is 544. The van der Waals surface area contributed by atoms with Crippen molar-refractivity contribution in [3.8, 4) is 5.69 Å². The van der Waals surface area contributed by atoms with E-state index >= 15 is 0 Å². The number of aromatic nitrogens is 2. The molecule has 4 heteroatoms. The van der Waals surface area contributed by atoms with Gasteiger partial charge in [-0.3, -0.25) is 0 Å². The first-order chi connectivity index (χ1) is 8.02. The molecule has 0 bridgehead atoms. The molecule has 0 saturated heterocycles. The summed E-state index contributed by atoms with van der Waals surface area (Å²) in [4.78, 5) is 0. The molecule has 2 aromatic rings. The molecule has 0 spiro atoms. The Kier molecular flexibility index (Phi) is 3.11. The Morgan fingerprint density at radius 2 is 1.94 bits per heavy atom. The Hall–Kier alpha value is -1.48. The van der Waals surface area contributed by atoms with Gasteiger partial charge in [0.2, 0.25) is 0 Å². The van der Waals surface area contributed by atoms with Crippen molar-refractivity contribution in [1.82, 2.24) is 9.78 Å². The van der Waals surface area contributed by atoms with Gasteiger partial charge in [0.05, 0.1) is 11.4 Å². The van der Waals surface area contributed by atoms with Crippen LogP contribution in [0.3, 0.4) is 0 Å². The summed E-state index contributed by atoms with van der Waals surface area (Å²) < 4.78 is 1.72. The molecule has 0 aliphatic rings. The lowest BCUT2D eigenvalue weighted by atomic mass is 10.1. The summed E-state index contributed by atoms with van der Waals surface area (Å²) in [5.41, 5.74) is 8.94. The molecule has 1 aromatic carbocycles. The lowest BCUT2D eigenvalue weighted by Gasteiger charge is -2.07. The minimum absolute atomic E-state index is 0.259. The number of halogens is 1. The van der Waals surface area contributed by atoms with Gasteiger partial charge >= 0.3 is 0 Å². The Morgan fingerprint density at radius 3 is 2.47 bits per heavy atom. The van der Waals surface area contributed by atoms with Crippen LogP contribution in [0.15, 0.2) is 24.3 Å². The third-order valence-electron chi connectivity index (χ3n) is 2.78. The van der Waals surface area contributed by atoms with E-state index in [-0.39, 0.29) is 5.92 Å². The van der Waals surface area contributed by atoms with E-state index < -0.39 is 0 Å². The van der Waals surface area contributed by atoms with Gasteiger partial charge in [-0.1, -0.05) is 43.6 Å². The van der Waals surface area contributed by atoms with Gasteiger partial charge in [-0.25, -0.2) is 4.68 Å². The normalized spacial score (nSPS) is 11.1. The van der Waals surface area contributed by atoms with E-state index in [1.54, 1.807) is 4.68 Å². The molecule has 0 unspecified atom stereocenters. The predicted octanol–water partition coefficient (Wildman–Crippen LogP) is 3.54. The van der Waals surface area contributed by atoms with Crippen molar-refractivity contribution in [2.75, 3.05) is 5.73 Å². The van der Waals surface area contributed by atoms with Crippen molar-refractivity contribution in [3.63, 3.8) is 0 Å². The average Bonchev–Trinajstić information content (AvgIpc) is 2.57. The number of hydrogen-bond acceptors (Lipinski definition) is 2. The van der Waals surface area contributed by atoms with Crippen LogP contribution in [0, 0.1) is 6.92 Å². The van der Waals surface area contributed by atoms with Gasteiger partial charge < -0.3 is 5.73 Å². The number of nitrogen functional groups attached to an aromatic ring is 1. The number of nitrogens with two attached hydrogens (primary N) is 1. The number of rotatable bonds is 2. The largest absolute Gasteiger partial charge is 0.382 e. The van der Waals surface area contributed by atoms with Gasteiger partial charge in [-0.05, 0) is 24.5 Å². The zero-order valence-corrected chi connectivity index (χ0v) is 11.0. The molecule has 0 fully saturated rings. The monoisotopic (exact) mass is 249 g/mol. The molecule has 0 aliphatic heterocycles. The van der Waals surface area contributed by atoms with Crippen LogP contribution < -0.4 is 5.73 Å². The third kappa shape index (κ3) is 2.03. The highest BCUT2D eigenvalue weighted by Crippen LogP contribution is 2.31. The Balaban J connectivity index is 2.61. The number of hydrogen-bond donors (Lipinski definition) is 1. The van der Waals surface area contributed by atoms with E-state index in [1.165, 1.54) is 0 Å². The molecule has 0 radical (unpaired) electrons. The Labute approximate surface area is 106 Å². The van der Waals surface area contributed by atoms with E-state index in [1.807, 2.05) is 31.2 Å². The molecule has 2 N–H and O–H groups in total. The fourth-order valence-corrected chi connectivity index (χ4v) is 2.12. The third-order valence-corrected chi connectivity index (χ3v) is 3.16. The zero-order valence-electron chi connectivity index (χ0n) is 10.2. The highest BCUT2D eigenvalue weighted by Gasteiger charge is 2.17. The van der Waals surface area contributed by atoms with E-state index in [0.29, 0.717) is 10.8 Å². The second-order valence-corrected chi connectivity index (χ2v) is 4.82. The summed E-state index contributed by atoms with van der Waals surface area (Å²) in [6.07, 6.45) is 0. The van der Waals surface area contributed by atoms with Crippen LogP contribution in [-0.4, -0.2) is 9.78 Å². The molecular weight excluding hydrogens is 234 g/mol. The van der Waals surface area contributed by atoms with Crippen LogP contribution in [0.25, 0.3) is 5.69 Å². The lowest BCUT2D eigenvalue weighted by Crippen LogP contribution is -2.03. The number of anilines is 1. The van der Waals surface area contributed by atoms with Gasteiger partial charge in [-0.2, -0.15) is 5.10 Å².